The van der Waals surface area contributed by atoms with Crippen LogP contribution in [0.25, 0.3) is 33.1 Å². The molecule has 0 atom stereocenters. The number of hydrogen-bond donors (Lipinski definition) is 1. The molecule has 1 N–H and O–H groups in total. The van der Waals surface area contributed by atoms with Crippen LogP contribution >= 0.6 is 11.6 Å². The molecule has 0 unspecified atom stereocenters. The zero-order valence-corrected chi connectivity index (χ0v) is 17.0. The first-order valence-electron chi connectivity index (χ1n) is 9.68. The smallest absolute Gasteiger partial charge is 0.267 e. The minimum absolute atomic E-state index is 0.306. The maximum Gasteiger partial charge on any atom is 0.280 e. The van der Waals surface area contributed by atoms with Crippen molar-refractivity contribution >= 4 is 39.2 Å². The van der Waals surface area contributed by atoms with Gasteiger partial charge in [0.25, 0.3) is 11.5 Å². The summed E-state index contributed by atoms with van der Waals surface area (Å²) in [6.45, 7) is 0. The molecule has 0 spiro atoms. The summed E-state index contributed by atoms with van der Waals surface area (Å²) in [5.41, 5.74) is 3.96. The third-order valence-corrected chi connectivity index (χ3v) is 5.32. The number of hydrogen-bond acceptors (Lipinski definition) is 3. The lowest BCUT2D eigenvalue weighted by Crippen LogP contribution is -2.35. The van der Waals surface area contributed by atoms with E-state index in [-0.39, 0.29) is 5.56 Å². The summed E-state index contributed by atoms with van der Waals surface area (Å²) in [5.74, 6) is -0.103. The van der Waals surface area contributed by atoms with Crippen LogP contribution in [-0.4, -0.2) is 15.6 Å². The predicted octanol–water partition coefficient (Wildman–Crippen LogP) is 5.25. The molecule has 5 rings (SSSR count). The Morgan fingerprint density at radius 1 is 0.839 bits per heavy atom. The van der Waals surface area contributed by atoms with Gasteiger partial charge >= 0.3 is 0 Å². The van der Waals surface area contributed by atoms with Gasteiger partial charge in [-0.15, -0.1) is 0 Å². The summed E-state index contributed by atoms with van der Waals surface area (Å²) in [7, 11) is 0. The van der Waals surface area contributed by atoms with Gasteiger partial charge in [-0.2, -0.15) is 4.68 Å². The van der Waals surface area contributed by atoms with Crippen LogP contribution in [0.1, 0.15) is 10.4 Å². The second kappa shape index (κ2) is 7.70. The second-order valence-electron chi connectivity index (χ2n) is 7.11. The molecule has 0 bridgehead atoms. The zero-order chi connectivity index (χ0) is 21.4. The molecule has 5 aromatic rings. The monoisotopic (exact) mass is 425 g/mol. The number of fused-ring (bicyclic) bond motifs is 2. The van der Waals surface area contributed by atoms with Crippen molar-refractivity contribution in [2.45, 2.75) is 0 Å². The van der Waals surface area contributed by atoms with E-state index in [0.717, 1.165) is 10.8 Å². The van der Waals surface area contributed by atoms with E-state index in [4.69, 9.17) is 11.6 Å². The number of benzene rings is 4. The molecule has 0 aliphatic rings. The van der Waals surface area contributed by atoms with Crippen LogP contribution in [0.4, 0.5) is 0 Å². The van der Waals surface area contributed by atoms with E-state index >= 15 is 0 Å². The minimum Gasteiger partial charge on any atom is -0.267 e. The van der Waals surface area contributed by atoms with Crippen molar-refractivity contribution in [3.05, 3.63) is 112 Å². The van der Waals surface area contributed by atoms with Crippen LogP contribution < -0.4 is 11.0 Å². The molecule has 0 aliphatic carbocycles. The van der Waals surface area contributed by atoms with E-state index in [2.05, 4.69) is 10.4 Å². The summed E-state index contributed by atoms with van der Waals surface area (Å²) in [5, 5.41) is 2.89. The SMILES string of the molecule is O=C(Nn1c(-c2cccc(Cl)c2)nc2ccccc2c1=O)c1ccc2ccccc2c1. The van der Waals surface area contributed by atoms with Crippen molar-refractivity contribution in [3.63, 3.8) is 0 Å². The number of carbonyl (C=O) groups is 1. The highest BCUT2D eigenvalue weighted by Crippen LogP contribution is 2.22. The quantitative estimate of drug-likeness (QED) is 0.429. The van der Waals surface area contributed by atoms with E-state index in [0.29, 0.717) is 32.9 Å². The number of amides is 1. The maximum absolute atomic E-state index is 13.3. The number of nitrogens with one attached hydrogen (secondary N) is 1. The Hall–Kier alpha value is -3.96. The number of carbonyl (C=O) groups excluding carboxylic acids is 1. The maximum atomic E-state index is 13.3. The fourth-order valence-corrected chi connectivity index (χ4v) is 3.74. The molecule has 0 aliphatic heterocycles. The summed E-state index contributed by atoms with van der Waals surface area (Å²) in [6, 6.07) is 27.2. The predicted molar refractivity (Wildman–Crippen MR) is 124 cm³/mol. The van der Waals surface area contributed by atoms with Gasteiger partial charge in [-0.25, -0.2) is 4.98 Å². The molecular formula is C25H16ClN3O2. The third-order valence-electron chi connectivity index (χ3n) is 5.08. The molecule has 150 valence electrons. The van der Waals surface area contributed by atoms with Crippen LogP contribution in [-0.2, 0) is 0 Å². The van der Waals surface area contributed by atoms with E-state index < -0.39 is 5.91 Å². The van der Waals surface area contributed by atoms with E-state index in [9.17, 15) is 9.59 Å². The van der Waals surface area contributed by atoms with Crippen LogP contribution in [0.2, 0.25) is 5.02 Å². The van der Waals surface area contributed by atoms with Gasteiger partial charge < -0.3 is 0 Å². The number of nitrogens with zero attached hydrogens (tertiary/aromatic N) is 2. The molecule has 0 saturated carbocycles. The zero-order valence-electron chi connectivity index (χ0n) is 16.2. The Morgan fingerprint density at radius 2 is 1.61 bits per heavy atom. The fourth-order valence-electron chi connectivity index (χ4n) is 3.55. The Morgan fingerprint density at radius 3 is 2.45 bits per heavy atom. The van der Waals surface area contributed by atoms with Crippen molar-refractivity contribution in [3.8, 4) is 11.4 Å². The molecule has 0 fully saturated rings. The van der Waals surface area contributed by atoms with Crippen LogP contribution in [0.15, 0.2) is 95.8 Å². The molecule has 6 heteroatoms. The topological polar surface area (TPSA) is 64.0 Å². The van der Waals surface area contributed by atoms with Gasteiger partial charge in [-0.1, -0.05) is 66.2 Å². The molecule has 31 heavy (non-hydrogen) atoms. The Bertz CT molecular complexity index is 1520. The van der Waals surface area contributed by atoms with Crippen molar-refractivity contribution in [1.82, 2.24) is 9.66 Å². The van der Waals surface area contributed by atoms with Crippen LogP contribution in [0.3, 0.4) is 0 Å². The molecule has 1 aromatic heterocycles. The molecule has 1 heterocycles. The molecule has 1 amide bonds. The number of aromatic nitrogens is 2. The first-order valence-corrected chi connectivity index (χ1v) is 10.1. The standard InChI is InChI=1S/C25H16ClN3O2/c26-20-9-5-8-18(15-20)23-27-22-11-4-3-10-21(22)25(31)29(23)28-24(30)19-13-12-16-6-1-2-7-17(16)14-19/h1-15H,(H,28,30). The van der Waals surface area contributed by atoms with Gasteiger partial charge in [0, 0.05) is 16.1 Å². The molecule has 0 saturated heterocycles. The Balaban J connectivity index is 1.65. The van der Waals surface area contributed by atoms with Gasteiger partial charge in [-0.3, -0.25) is 15.0 Å². The van der Waals surface area contributed by atoms with Gasteiger partial charge in [0.15, 0.2) is 5.82 Å². The Labute approximate surface area is 182 Å². The number of halogens is 1. The third kappa shape index (κ3) is 3.56. The lowest BCUT2D eigenvalue weighted by atomic mass is 10.1. The number of rotatable bonds is 3. The normalized spacial score (nSPS) is 11.0. The first kappa shape index (κ1) is 19.0. The average Bonchev–Trinajstić information content (AvgIpc) is 2.80. The van der Waals surface area contributed by atoms with Crippen molar-refractivity contribution in [2.75, 3.05) is 5.43 Å². The lowest BCUT2D eigenvalue weighted by molar-refractivity contribution is 0.101. The number of para-hydroxylation sites is 1. The molecule has 0 radical (unpaired) electrons. The highest BCUT2D eigenvalue weighted by atomic mass is 35.5. The van der Waals surface area contributed by atoms with Gasteiger partial charge in [-0.05, 0) is 47.2 Å². The molecule has 5 nitrogen and oxygen atoms in total. The second-order valence-corrected chi connectivity index (χ2v) is 7.54. The summed E-state index contributed by atoms with van der Waals surface area (Å²) >= 11 is 6.16. The Kier molecular flexibility index (Phi) is 4.73. The van der Waals surface area contributed by atoms with E-state index in [1.807, 2.05) is 36.4 Å². The van der Waals surface area contributed by atoms with Crippen molar-refractivity contribution in [2.24, 2.45) is 0 Å². The van der Waals surface area contributed by atoms with Gasteiger partial charge in [0.05, 0.1) is 10.9 Å². The summed E-state index contributed by atoms with van der Waals surface area (Å²) < 4.78 is 1.19. The van der Waals surface area contributed by atoms with E-state index in [1.54, 1.807) is 54.6 Å². The first-order chi connectivity index (χ1) is 15.1. The summed E-state index contributed by atoms with van der Waals surface area (Å²) in [4.78, 5) is 31.0. The molecule has 4 aromatic carbocycles. The lowest BCUT2D eigenvalue weighted by Gasteiger charge is -2.15. The van der Waals surface area contributed by atoms with Gasteiger partial charge in [0.1, 0.15) is 0 Å². The average molecular weight is 426 g/mol. The fraction of sp³-hybridized carbons (Fsp3) is 0. The van der Waals surface area contributed by atoms with Crippen molar-refractivity contribution in [1.29, 1.82) is 0 Å². The van der Waals surface area contributed by atoms with Crippen molar-refractivity contribution < 1.29 is 4.79 Å². The highest BCUT2D eigenvalue weighted by Gasteiger charge is 2.16. The van der Waals surface area contributed by atoms with Crippen LogP contribution in [0, 0.1) is 0 Å². The van der Waals surface area contributed by atoms with Crippen LogP contribution in [0.5, 0.6) is 0 Å². The van der Waals surface area contributed by atoms with Gasteiger partial charge in [0.2, 0.25) is 0 Å². The molecular weight excluding hydrogens is 410 g/mol. The minimum atomic E-state index is -0.409. The van der Waals surface area contributed by atoms with E-state index in [1.165, 1.54) is 4.68 Å². The highest BCUT2D eigenvalue weighted by molar-refractivity contribution is 6.30. The largest absolute Gasteiger partial charge is 0.280 e. The summed E-state index contributed by atoms with van der Waals surface area (Å²) in [6.07, 6.45) is 0.